The van der Waals surface area contributed by atoms with Gasteiger partial charge in [-0.3, -0.25) is 4.79 Å². The third-order valence-electron chi connectivity index (χ3n) is 4.09. The number of carbonyl (C=O) groups is 1. The maximum Gasteiger partial charge on any atom is 0.416 e. The number of nitrogens with one attached hydrogen (secondary N) is 1. The predicted octanol–water partition coefficient (Wildman–Crippen LogP) is 5.00. The van der Waals surface area contributed by atoms with Gasteiger partial charge in [0, 0.05) is 0 Å². The topological polar surface area (TPSA) is 47.6 Å². The molecule has 28 heavy (non-hydrogen) atoms. The first kappa shape index (κ1) is 21.6. The maximum absolute atomic E-state index is 12.8. The molecule has 2 aromatic rings. The van der Waals surface area contributed by atoms with Crippen LogP contribution in [0.4, 0.5) is 13.2 Å². The SMILES string of the molecule is COc1ccc([C@@H](CC(C)C)NC(=O)COc2cccc(C(F)(F)F)c2)cc1. The highest BCUT2D eigenvalue weighted by Crippen LogP contribution is 2.31. The first-order valence-corrected chi connectivity index (χ1v) is 8.92. The summed E-state index contributed by atoms with van der Waals surface area (Å²) >= 11 is 0. The van der Waals surface area contributed by atoms with Crippen molar-refractivity contribution in [2.45, 2.75) is 32.5 Å². The van der Waals surface area contributed by atoms with E-state index in [1.54, 1.807) is 7.11 Å². The standard InChI is InChI=1S/C21H24F3NO3/c1-14(2)11-19(15-7-9-17(27-3)10-8-15)25-20(26)13-28-18-6-4-5-16(12-18)21(22,23)24/h4-10,12,14,19H,11,13H2,1-3H3,(H,25,26)/t19-/m1/s1. The van der Waals surface area contributed by atoms with Gasteiger partial charge in [-0.25, -0.2) is 0 Å². The summed E-state index contributed by atoms with van der Waals surface area (Å²) in [6.45, 7) is 3.72. The molecule has 2 aromatic carbocycles. The summed E-state index contributed by atoms with van der Waals surface area (Å²) < 4.78 is 48.7. The number of ether oxygens (including phenoxy) is 2. The molecular formula is C21H24F3NO3. The van der Waals surface area contributed by atoms with Gasteiger partial charge < -0.3 is 14.8 Å². The van der Waals surface area contributed by atoms with Gasteiger partial charge in [-0.15, -0.1) is 0 Å². The van der Waals surface area contributed by atoms with E-state index in [0.29, 0.717) is 18.1 Å². The number of amides is 1. The molecule has 0 saturated carbocycles. The number of halogens is 3. The molecule has 2 rings (SSSR count). The minimum absolute atomic E-state index is 0.00479. The van der Waals surface area contributed by atoms with E-state index in [1.807, 2.05) is 38.1 Å². The number of carbonyl (C=O) groups excluding carboxylic acids is 1. The average Bonchev–Trinajstić information content (AvgIpc) is 2.65. The lowest BCUT2D eigenvalue weighted by Gasteiger charge is -2.21. The molecule has 0 radical (unpaired) electrons. The number of alkyl halides is 3. The highest BCUT2D eigenvalue weighted by molar-refractivity contribution is 5.78. The van der Waals surface area contributed by atoms with Gasteiger partial charge in [-0.2, -0.15) is 13.2 Å². The lowest BCUT2D eigenvalue weighted by molar-refractivity contribution is -0.137. The molecule has 7 heteroatoms. The van der Waals surface area contributed by atoms with Crippen LogP contribution in [0.3, 0.4) is 0 Å². The van der Waals surface area contributed by atoms with Crippen molar-refractivity contribution in [3.63, 3.8) is 0 Å². The first-order valence-electron chi connectivity index (χ1n) is 8.92. The molecule has 0 aromatic heterocycles. The summed E-state index contributed by atoms with van der Waals surface area (Å²) in [5.74, 6) is 0.636. The summed E-state index contributed by atoms with van der Waals surface area (Å²) in [4.78, 5) is 12.3. The molecule has 152 valence electrons. The van der Waals surface area contributed by atoms with E-state index >= 15 is 0 Å². The lowest BCUT2D eigenvalue weighted by atomic mass is 9.97. The third-order valence-corrected chi connectivity index (χ3v) is 4.09. The molecule has 0 aliphatic heterocycles. The van der Waals surface area contributed by atoms with Crippen LogP contribution in [-0.2, 0) is 11.0 Å². The Hall–Kier alpha value is -2.70. The van der Waals surface area contributed by atoms with Crippen LogP contribution in [0.15, 0.2) is 48.5 Å². The van der Waals surface area contributed by atoms with E-state index in [4.69, 9.17) is 9.47 Å². The zero-order valence-electron chi connectivity index (χ0n) is 16.0. The van der Waals surface area contributed by atoms with Crippen LogP contribution in [0.2, 0.25) is 0 Å². The van der Waals surface area contributed by atoms with Crippen molar-refractivity contribution in [1.82, 2.24) is 5.32 Å². The summed E-state index contributed by atoms with van der Waals surface area (Å²) in [7, 11) is 1.58. The number of hydrogen-bond donors (Lipinski definition) is 1. The molecule has 0 fully saturated rings. The Labute approximate surface area is 162 Å². The third kappa shape index (κ3) is 6.48. The molecule has 1 atom stereocenters. The predicted molar refractivity (Wildman–Crippen MR) is 100 cm³/mol. The van der Waals surface area contributed by atoms with Crippen molar-refractivity contribution in [2.24, 2.45) is 5.92 Å². The highest BCUT2D eigenvalue weighted by atomic mass is 19.4. The van der Waals surface area contributed by atoms with Crippen LogP contribution in [0.25, 0.3) is 0 Å². The summed E-state index contributed by atoms with van der Waals surface area (Å²) in [5, 5.41) is 2.89. The minimum Gasteiger partial charge on any atom is -0.497 e. The van der Waals surface area contributed by atoms with Gasteiger partial charge in [0.25, 0.3) is 5.91 Å². The Morgan fingerprint density at radius 3 is 2.32 bits per heavy atom. The van der Waals surface area contributed by atoms with Crippen LogP contribution in [-0.4, -0.2) is 19.6 Å². The minimum atomic E-state index is -4.46. The van der Waals surface area contributed by atoms with E-state index < -0.39 is 17.6 Å². The van der Waals surface area contributed by atoms with Crippen molar-refractivity contribution in [3.05, 3.63) is 59.7 Å². The number of hydrogen-bond acceptors (Lipinski definition) is 3. The Bertz CT molecular complexity index is 773. The van der Waals surface area contributed by atoms with Gasteiger partial charge in [0.2, 0.25) is 0 Å². The van der Waals surface area contributed by atoms with Gasteiger partial charge in [0.15, 0.2) is 6.61 Å². The van der Waals surface area contributed by atoms with Crippen molar-refractivity contribution in [3.8, 4) is 11.5 Å². The molecule has 0 heterocycles. The van der Waals surface area contributed by atoms with Crippen molar-refractivity contribution in [2.75, 3.05) is 13.7 Å². The molecule has 4 nitrogen and oxygen atoms in total. The van der Waals surface area contributed by atoms with E-state index in [9.17, 15) is 18.0 Å². The normalized spacial score (nSPS) is 12.5. The zero-order valence-corrected chi connectivity index (χ0v) is 16.0. The smallest absolute Gasteiger partial charge is 0.416 e. The van der Waals surface area contributed by atoms with Crippen LogP contribution in [0.5, 0.6) is 11.5 Å². The summed E-state index contributed by atoms with van der Waals surface area (Å²) in [5.41, 5.74) is 0.100. The Morgan fingerprint density at radius 1 is 1.07 bits per heavy atom. The second-order valence-corrected chi connectivity index (χ2v) is 6.84. The van der Waals surface area contributed by atoms with E-state index in [1.165, 1.54) is 12.1 Å². The van der Waals surface area contributed by atoms with Gasteiger partial charge in [0.05, 0.1) is 18.7 Å². The number of rotatable bonds is 8. The fourth-order valence-electron chi connectivity index (χ4n) is 2.73. The van der Waals surface area contributed by atoms with Crippen molar-refractivity contribution < 1.29 is 27.4 Å². The fourth-order valence-corrected chi connectivity index (χ4v) is 2.73. The molecule has 0 unspecified atom stereocenters. The van der Waals surface area contributed by atoms with E-state index in [2.05, 4.69) is 5.32 Å². The molecule has 0 aliphatic carbocycles. The average molecular weight is 395 g/mol. The summed E-state index contributed by atoms with van der Waals surface area (Å²) in [6, 6.07) is 11.6. The lowest BCUT2D eigenvalue weighted by Crippen LogP contribution is -2.33. The highest BCUT2D eigenvalue weighted by Gasteiger charge is 2.30. The Kier molecular flexibility index (Phi) is 7.31. The van der Waals surface area contributed by atoms with Gasteiger partial charge in [-0.05, 0) is 48.2 Å². The van der Waals surface area contributed by atoms with E-state index in [0.717, 1.165) is 17.7 Å². The first-order chi connectivity index (χ1) is 13.2. The van der Waals surface area contributed by atoms with Crippen LogP contribution in [0.1, 0.15) is 37.4 Å². The second-order valence-electron chi connectivity index (χ2n) is 6.84. The van der Waals surface area contributed by atoms with Gasteiger partial charge >= 0.3 is 6.18 Å². The molecule has 0 bridgehead atoms. The largest absolute Gasteiger partial charge is 0.497 e. The summed E-state index contributed by atoms with van der Waals surface area (Å²) in [6.07, 6.45) is -3.75. The Balaban J connectivity index is 2.01. The number of benzene rings is 2. The fraction of sp³-hybridized carbons (Fsp3) is 0.381. The van der Waals surface area contributed by atoms with Crippen LogP contribution >= 0.6 is 0 Å². The van der Waals surface area contributed by atoms with Gasteiger partial charge in [-0.1, -0.05) is 32.0 Å². The van der Waals surface area contributed by atoms with Crippen molar-refractivity contribution in [1.29, 1.82) is 0 Å². The van der Waals surface area contributed by atoms with Crippen LogP contribution in [0, 0.1) is 5.92 Å². The monoisotopic (exact) mass is 395 g/mol. The quantitative estimate of drug-likeness (QED) is 0.685. The molecular weight excluding hydrogens is 371 g/mol. The number of methoxy groups -OCH3 is 1. The molecule has 1 N–H and O–H groups in total. The Morgan fingerprint density at radius 2 is 1.75 bits per heavy atom. The van der Waals surface area contributed by atoms with Gasteiger partial charge in [0.1, 0.15) is 11.5 Å². The van der Waals surface area contributed by atoms with Crippen molar-refractivity contribution >= 4 is 5.91 Å². The molecule has 0 saturated heterocycles. The molecule has 0 spiro atoms. The van der Waals surface area contributed by atoms with Crippen LogP contribution < -0.4 is 14.8 Å². The zero-order chi connectivity index (χ0) is 20.7. The second kappa shape index (κ2) is 9.48. The maximum atomic E-state index is 12.8. The molecule has 1 amide bonds. The molecule has 0 aliphatic rings. The van der Waals surface area contributed by atoms with E-state index in [-0.39, 0.29) is 18.4 Å².